The van der Waals surface area contributed by atoms with Crippen LogP contribution in [0.2, 0.25) is 0 Å². The molecule has 1 unspecified atom stereocenters. The number of carbonyl (C=O) groups excluding carboxylic acids is 1. The number of benzene rings is 1. The molecule has 1 saturated heterocycles. The number of hydrogen-bond donors (Lipinski definition) is 0. The minimum atomic E-state index is -4.26. The number of ether oxygens (including phenoxy) is 1. The average Bonchev–Trinajstić information content (AvgIpc) is 2.52. The topological polar surface area (TPSA) is 29.5 Å². The Bertz CT molecular complexity index is 577. The first-order chi connectivity index (χ1) is 10.4. The van der Waals surface area contributed by atoms with Gasteiger partial charge in [0.15, 0.2) is 6.61 Å². The SMILES string of the molecule is C#Cc1cccc(OCC(=O)N2CCCC(C(F)(F)F)C2)c1. The Morgan fingerprint density at radius 1 is 1.45 bits per heavy atom. The molecule has 1 aliphatic rings. The second kappa shape index (κ2) is 6.73. The predicted octanol–water partition coefficient (Wildman–Crippen LogP) is 2.85. The number of likely N-dealkylation sites (tertiary alicyclic amines) is 1. The molecule has 1 heterocycles. The van der Waals surface area contributed by atoms with E-state index in [4.69, 9.17) is 11.2 Å². The minimum absolute atomic E-state index is 0.0678. The lowest BCUT2D eigenvalue weighted by molar-refractivity contribution is -0.188. The van der Waals surface area contributed by atoms with E-state index in [2.05, 4.69) is 5.92 Å². The first-order valence-electron chi connectivity index (χ1n) is 6.94. The van der Waals surface area contributed by atoms with E-state index in [1.807, 2.05) is 0 Å². The number of terminal acetylenes is 1. The lowest BCUT2D eigenvalue weighted by Gasteiger charge is -2.33. The number of rotatable bonds is 3. The summed E-state index contributed by atoms with van der Waals surface area (Å²) in [4.78, 5) is 13.2. The number of hydrogen-bond acceptors (Lipinski definition) is 2. The van der Waals surface area contributed by atoms with E-state index in [1.165, 1.54) is 4.90 Å². The van der Waals surface area contributed by atoms with Crippen molar-refractivity contribution in [1.82, 2.24) is 4.90 Å². The highest BCUT2D eigenvalue weighted by atomic mass is 19.4. The van der Waals surface area contributed by atoms with Crippen LogP contribution in [-0.4, -0.2) is 36.7 Å². The Morgan fingerprint density at radius 3 is 2.91 bits per heavy atom. The van der Waals surface area contributed by atoms with Crippen molar-refractivity contribution >= 4 is 5.91 Å². The molecule has 6 heteroatoms. The van der Waals surface area contributed by atoms with Gasteiger partial charge in [-0.2, -0.15) is 13.2 Å². The molecule has 22 heavy (non-hydrogen) atoms. The van der Waals surface area contributed by atoms with Crippen molar-refractivity contribution < 1.29 is 22.7 Å². The Hall–Kier alpha value is -2.16. The number of halogens is 3. The average molecular weight is 311 g/mol. The summed E-state index contributed by atoms with van der Waals surface area (Å²) in [6.07, 6.45) is 1.41. The first-order valence-corrected chi connectivity index (χ1v) is 6.94. The van der Waals surface area contributed by atoms with Crippen molar-refractivity contribution in [1.29, 1.82) is 0 Å². The zero-order valence-electron chi connectivity index (χ0n) is 11.9. The van der Waals surface area contributed by atoms with Gasteiger partial charge in [-0.05, 0) is 31.0 Å². The summed E-state index contributed by atoms with van der Waals surface area (Å²) >= 11 is 0. The summed E-state index contributed by atoms with van der Waals surface area (Å²) < 4.78 is 43.5. The number of alkyl halides is 3. The van der Waals surface area contributed by atoms with Gasteiger partial charge in [0.1, 0.15) is 5.75 Å². The fraction of sp³-hybridized carbons (Fsp3) is 0.438. The molecule has 1 atom stereocenters. The molecule has 2 rings (SSSR count). The van der Waals surface area contributed by atoms with Crippen molar-refractivity contribution in [3.8, 4) is 18.1 Å². The predicted molar refractivity (Wildman–Crippen MR) is 75.2 cm³/mol. The Morgan fingerprint density at radius 2 is 2.23 bits per heavy atom. The van der Waals surface area contributed by atoms with E-state index in [9.17, 15) is 18.0 Å². The molecule has 0 aromatic heterocycles. The fourth-order valence-electron chi connectivity index (χ4n) is 2.38. The van der Waals surface area contributed by atoms with Crippen LogP contribution in [0, 0.1) is 18.3 Å². The molecule has 1 amide bonds. The van der Waals surface area contributed by atoms with Gasteiger partial charge in [-0.25, -0.2) is 0 Å². The largest absolute Gasteiger partial charge is 0.484 e. The van der Waals surface area contributed by atoms with Gasteiger partial charge in [0.25, 0.3) is 5.91 Å². The Labute approximate surface area is 127 Å². The lowest BCUT2D eigenvalue weighted by Crippen LogP contribution is -2.46. The van der Waals surface area contributed by atoms with Gasteiger partial charge in [0.2, 0.25) is 0 Å². The molecular formula is C16H16F3NO2. The summed E-state index contributed by atoms with van der Waals surface area (Å²) in [5.74, 6) is 0.971. The highest BCUT2D eigenvalue weighted by Gasteiger charge is 2.42. The van der Waals surface area contributed by atoms with E-state index in [0.717, 1.165) is 0 Å². The third-order valence-electron chi connectivity index (χ3n) is 3.60. The minimum Gasteiger partial charge on any atom is -0.484 e. The van der Waals surface area contributed by atoms with Crippen LogP contribution in [0.1, 0.15) is 18.4 Å². The quantitative estimate of drug-likeness (QED) is 0.803. The molecule has 1 fully saturated rings. The highest BCUT2D eigenvalue weighted by Crippen LogP contribution is 2.33. The van der Waals surface area contributed by atoms with Gasteiger partial charge in [-0.1, -0.05) is 12.0 Å². The third kappa shape index (κ3) is 4.17. The maximum atomic E-state index is 12.7. The van der Waals surface area contributed by atoms with Gasteiger partial charge in [0, 0.05) is 18.7 Å². The number of amides is 1. The van der Waals surface area contributed by atoms with Gasteiger partial charge in [-0.3, -0.25) is 4.79 Å². The zero-order chi connectivity index (χ0) is 16.2. The standard InChI is InChI=1S/C16H16F3NO2/c1-2-12-5-3-7-14(9-12)22-11-15(21)20-8-4-6-13(10-20)16(17,18)19/h1,3,5,7,9,13H,4,6,8,10-11H2. The summed E-state index contributed by atoms with van der Waals surface area (Å²) in [6.45, 7) is -0.256. The smallest absolute Gasteiger partial charge is 0.393 e. The Kier molecular flexibility index (Phi) is 4.96. The van der Waals surface area contributed by atoms with E-state index in [0.29, 0.717) is 24.3 Å². The molecule has 0 spiro atoms. The normalized spacial score (nSPS) is 18.6. The second-order valence-electron chi connectivity index (χ2n) is 5.18. The Balaban J connectivity index is 1.90. The summed E-state index contributed by atoms with van der Waals surface area (Å²) in [5.41, 5.74) is 0.611. The maximum absolute atomic E-state index is 12.7. The van der Waals surface area contributed by atoms with Crippen molar-refractivity contribution in [2.24, 2.45) is 5.92 Å². The van der Waals surface area contributed by atoms with Crippen LogP contribution in [0.25, 0.3) is 0 Å². The maximum Gasteiger partial charge on any atom is 0.393 e. The molecule has 0 radical (unpaired) electrons. The van der Waals surface area contributed by atoms with Crippen LogP contribution in [0.5, 0.6) is 5.75 Å². The van der Waals surface area contributed by atoms with E-state index in [-0.39, 0.29) is 19.6 Å². The van der Waals surface area contributed by atoms with Gasteiger partial charge in [0.05, 0.1) is 5.92 Å². The first kappa shape index (κ1) is 16.2. The lowest BCUT2D eigenvalue weighted by atomic mass is 9.97. The molecule has 118 valence electrons. The molecule has 1 aliphatic heterocycles. The van der Waals surface area contributed by atoms with Gasteiger partial charge >= 0.3 is 6.18 Å². The zero-order valence-corrected chi connectivity index (χ0v) is 11.9. The summed E-state index contributed by atoms with van der Waals surface area (Å²) in [6, 6.07) is 6.65. The molecule has 0 N–H and O–H groups in total. The van der Waals surface area contributed by atoms with Crippen LogP contribution in [0.15, 0.2) is 24.3 Å². The summed E-state index contributed by atoms with van der Waals surface area (Å²) in [7, 11) is 0. The number of nitrogens with zero attached hydrogens (tertiary/aromatic N) is 1. The molecule has 0 bridgehead atoms. The summed E-state index contributed by atoms with van der Waals surface area (Å²) in [5, 5.41) is 0. The molecular weight excluding hydrogens is 295 g/mol. The van der Waals surface area contributed by atoms with Crippen molar-refractivity contribution in [3.05, 3.63) is 29.8 Å². The molecule has 1 aromatic carbocycles. The van der Waals surface area contributed by atoms with Crippen molar-refractivity contribution in [2.75, 3.05) is 19.7 Å². The van der Waals surface area contributed by atoms with Crippen LogP contribution < -0.4 is 4.74 Å². The van der Waals surface area contributed by atoms with E-state index in [1.54, 1.807) is 24.3 Å². The molecule has 0 saturated carbocycles. The number of piperidine rings is 1. The molecule has 3 nitrogen and oxygen atoms in total. The van der Waals surface area contributed by atoms with Crippen LogP contribution in [0.3, 0.4) is 0 Å². The van der Waals surface area contributed by atoms with Gasteiger partial charge in [-0.15, -0.1) is 6.42 Å². The van der Waals surface area contributed by atoms with E-state index < -0.39 is 18.0 Å². The molecule has 0 aliphatic carbocycles. The van der Waals surface area contributed by atoms with Crippen molar-refractivity contribution in [2.45, 2.75) is 19.0 Å². The number of carbonyl (C=O) groups is 1. The second-order valence-corrected chi connectivity index (χ2v) is 5.18. The molecule has 1 aromatic rings. The van der Waals surface area contributed by atoms with Gasteiger partial charge < -0.3 is 9.64 Å². The van der Waals surface area contributed by atoms with E-state index >= 15 is 0 Å². The van der Waals surface area contributed by atoms with Crippen molar-refractivity contribution in [3.63, 3.8) is 0 Å². The van der Waals surface area contributed by atoms with Crippen LogP contribution in [0.4, 0.5) is 13.2 Å². The monoisotopic (exact) mass is 311 g/mol. The fourth-order valence-corrected chi connectivity index (χ4v) is 2.38. The highest BCUT2D eigenvalue weighted by molar-refractivity contribution is 5.77. The third-order valence-corrected chi connectivity index (χ3v) is 3.60. The van der Waals surface area contributed by atoms with Crippen LogP contribution in [-0.2, 0) is 4.79 Å². The van der Waals surface area contributed by atoms with Crippen LogP contribution >= 0.6 is 0 Å².